The van der Waals surface area contributed by atoms with E-state index in [-0.39, 0.29) is 0 Å². The molecule has 0 aromatic rings. The topological polar surface area (TPSA) is 12.0 Å². The van der Waals surface area contributed by atoms with E-state index in [1.165, 1.54) is 19.4 Å². The van der Waals surface area contributed by atoms with E-state index in [9.17, 15) is 0 Å². The first-order valence-corrected chi connectivity index (χ1v) is 3.40. The van der Waals surface area contributed by atoms with Crippen LogP contribution in [0, 0.1) is 6.42 Å². The van der Waals surface area contributed by atoms with Gasteiger partial charge in [0.15, 0.2) is 0 Å². The second-order valence-electron chi connectivity index (χ2n) is 1.97. The van der Waals surface area contributed by atoms with Crippen LogP contribution in [0.1, 0.15) is 26.7 Å². The SMILES string of the molecule is C[CH]CNCCCC. The van der Waals surface area contributed by atoms with Crippen molar-refractivity contribution in [3.05, 3.63) is 6.42 Å². The summed E-state index contributed by atoms with van der Waals surface area (Å²) in [6.07, 6.45) is 4.72. The van der Waals surface area contributed by atoms with Crippen molar-refractivity contribution in [1.82, 2.24) is 5.32 Å². The Morgan fingerprint density at radius 3 is 2.75 bits per heavy atom. The predicted molar refractivity (Wildman–Crippen MR) is 37.8 cm³/mol. The minimum absolute atomic E-state index is 1.06. The van der Waals surface area contributed by atoms with Gasteiger partial charge in [-0.1, -0.05) is 20.3 Å². The van der Waals surface area contributed by atoms with Gasteiger partial charge in [-0.05, 0) is 25.9 Å². The smallest absolute Gasteiger partial charge is 0.00201 e. The largest absolute Gasteiger partial charge is 0.316 e. The van der Waals surface area contributed by atoms with E-state index in [2.05, 4.69) is 25.6 Å². The van der Waals surface area contributed by atoms with Crippen molar-refractivity contribution in [2.45, 2.75) is 26.7 Å². The highest BCUT2D eigenvalue weighted by Gasteiger charge is 1.80. The molecule has 0 amide bonds. The van der Waals surface area contributed by atoms with Gasteiger partial charge in [0.1, 0.15) is 0 Å². The number of unbranched alkanes of at least 4 members (excludes halogenated alkanes) is 1. The van der Waals surface area contributed by atoms with E-state index in [4.69, 9.17) is 0 Å². The normalized spacial score (nSPS) is 9.75. The van der Waals surface area contributed by atoms with Crippen LogP contribution in [-0.4, -0.2) is 13.1 Å². The first kappa shape index (κ1) is 7.96. The summed E-state index contributed by atoms with van der Waals surface area (Å²) in [7, 11) is 0. The number of hydrogen-bond donors (Lipinski definition) is 1. The van der Waals surface area contributed by atoms with Crippen LogP contribution < -0.4 is 5.32 Å². The maximum Gasteiger partial charge on any atom is -0.00201 e. The Kier molecular flexibility index (Phi) is 6.93. The summed E-state index contributed by atoms with van der Waals surface area (Å²) < 4.78 is 0. The standard InChI is InChI=1S/C7H16N/c1-3-5-7-8-6-4-2/h4,8H,3,5-7H2,1-2H3. The first-order valence-electron chi connectivity index (χ1n) is 3.40. The third kappa shape index (κ3) is 5.96. The molecule has 0 aliphatic heterocycles. The van der Waals surface area contributed by atoms with Crippen LogP contribution in [-0.2, 0) is 0 Å². The Hall–Kier alpha value is -0.0400. The molecule has 0 aliphatic rings. The lowest BCUT2D eigenvalue weighted by Gasteiger charge is -1.97. The Balaban J connectivity index is 2.53. The molecular formula is C7H16N. The van der Waals surface area contributed by atoms with Crippen molar-refractivity contribution in [3.63, 3.8) is 0 Å². The van der Waals surface area contributed by atoms with Gasteiger partial charge in [0, 0.05) is 0 Å². The van der Waals surface area contributed by atoms with Gasteiger partial charge in [-0.3, -0.25) is 0 Å². The van der Waals surface area contributed by atoms with Crippen molar-refractivity contribution in [2.75, 3.05) is 13.1 Å². The molecule has 0 unspecified atom stereocenters. The Labute approximate surface area is 52.5 Å². The molecule has 0 aromatic heterocycles. The average Bonchev–Trinajstić information content (AvgIpc) is 1.81. The summed E-state index contributed by atoms with van der Waals surface area (Å²) in [6, 6.07) is 0. The van der Waals surface area contributed by atoms with Crippen molar-refractivity contribution in [3.8, 4) is 0 Å². The fourth-order valence-corrected chi connectivity index (χ4v) is 0.548. The summed E-state index contributed by atoms with van der Waals surface area (Å²) in [5.41, 5.74) is 0. The lowest BCUT2D eigenvalue weighted by atomic mass is 10.3. The second-order valence-corrected chi connectivity index (χ2v) is 1.97. The lowest BCUT2D eigenvalue weighted by Crippen LogP contribution is -2.15. The van der Waals surface area contributed by atoms with Gasteiger partial charge < -0.3 is 5.32 Å². The van der Waals surface area contributed by atoms with E-state index >= 15 is 0 Å². The molecule has 1 radical (unpaired) electrons. The third-order valence-electron chi connectivity index (χ3n) is 1.06. The van der Waals surface area contributed by atoms with Crippen LogP contribution in [0.15, 0.2) is 0 Å². The fraction of sp³-hybridized carbons (Fsp3) is 0.857. The fourth-order valence-electron chi connectivity index (χ4n) is 0.548. The maximum atomic E-state index is 3.28. The van der Waals surface area contributed by atoms with Crippen LogP contribution in [0.4, 0.5) is 0 Å². The molecule has 0 saturated carbocycles. The molecule has 0 aliphatic carbocycles. The van der Waals surface area contributed by atoms with Gasteiger partial charge in [0.05, 0.1) is 0 Å². The molecule has 1 heteroatoms. The predicted octanol–water partition coefficient (Wildman–Crippen LogP) is 1.60. The zero-order valence-electron chi connectivity index (χ0n) is 5.91. The van der Waals surface area contributed by atoms with Crippen LogP contribution in [0.25, 0.3) is 0 Å². The first-order chi connectivity index (χ1) is 3.91. The summed E-state index contributed by atoms with van der Waals surface area (Å²) in [5.74, 6) is 0. The molecule has 1 N–H and O–H groups in total. The maximum absolute atomic E-state index is 3.28. The Bertz CT molecular complexity index is 29.4. The van der Waals surface area contributed by atoms with Crippen LogP contribution in [0.5, 0.6) is 0 Å². The molecule has 1 nitrogen and oxygen atoms in total. The van der Waals surface area contributed by atoms with Gasteiger partial charge in [0.2, 0.25) is 0 Å². The number of nitrogens with one attached hydrogen (secondary N) is 1. The van der Waals surface area contributed by atoms with E-state index < -0.39 is 0 Å². The van der Waals surface area contributed by atoms with Crippen molar-refractivity contribution in [1.29, 1.82) is 0 Å². The summed E-state index contributed by atoms with van der Waals surface area (Å²) in [4.78, 5) is 0. The lowest BCUT2D eigenvalue weighted by molar-refractivity contribution is 0.669. The van der Waals surface area contributed by atoms with E-state index in [1.807, 2.05) is 0 Å². The quantitative estimate of drug-likeness (QED) is 0.535. The molecule has 0 saturated heterocycles. The molecular weight excluding hydrogens is 98.1 g/mol. The van der Waals surface area contributed by atoms with Gasteiger partial charge in [0.25, 0.3) is 0 Å². The molecule has 0 heterocycles. The Morgan fingerprint density at radius 1 is 1.50 bits per heavy atom. The highest BCUT2D eigenvalue weighted by atomic mass is 14.8. The zero-order chi connectivity index (χ0) is 6.24. The highest BCUT2D eigenvalue weighted by molar-refractivity contribution is 4.58. The van der Waals surface area contributed by atoms with Gasteiger partial charge >= 0.3 is 0 Å². The number of hydrogen-bond acceptors (Lipinski definition) is 1. The van der Waals surface area contributed by atoms with E-state index in [0.29, 0.717) is 0 Å². The summed E-state index contributed by atoms with van der Waals surface area (Å²) >= 11 is 0. The summed E-state index contributed by atoms with van der Waals surface area (Å²) in [6.45, 7) is 6.50. The highest BCUT2D eigenvalue weighted by Crippen LogP contribution is 1.81. The third-order valence-corrected chi connectivity index (χ3v) is 1.06. The molecule has 0 fully saturated rings. The van der Waals surface area contributed by atoms with Crippen molar-refractivity contribution >= 4 is 0 Å². The number of rotatable bonds is 5. The molecule has 0 spiro atoms. The molecule has 0 bridgehead atoms. The van der Waals surface area contributed by atoms with E-state index in [1.54, 1.807) is 0 Å². The molecule has 0 aromatic carbocycles. The van der Waals surface area contributed by atoms with Gasteiger partial charge in [-0.25, -0.2) is 0 Å². The van der Waals surface area contributed by atoms with Gasteiger partial charge in [-0.15, -0.1) is 0 Å². The van der Waals surface area contributed by atoms with Crippen LogP contribution in [0.2, 0.25) is 0 Å². The van der Waals surface area contributed by atoms with Gasteiger partial charge in [-0.2, -0.15) is 0 Å². The molecule has 0 rings (SSSR count). The van der Waals surface area contributed by atoms with Crippen LogP contribution >= 0.6 is 0 Å². The molecule has 49 valence electrons. The summed E-state index contributed by atoms with van der Waals surface area (Å²) in [5, 5.41) is 3.28. The van der Waals surface area contributed by atoms with Crippen molar-refractivity contribution < 1.29 is 0 Å². The van der Waals surface area contributed by atoms with E-state index in [0.717, 1.165) is 6.54 Å². The Morgan fingerprint density at radius 2 is 2.25 bits per heavy atom. The minimum Gasteiger partial charge on any atom is -0.316 e. The molecule has 8 heavy (non-hydrogen) atoms. The van der Waals surface area contributed by atoms with Crippen molar-refractivity contribution in [2.24, 2.45) is 0 Å². The second kappa shape index (κ2) is 6.96. The average molecular weight is 114 g/mol. The monoisotopic (exact) mass is 114 g/mol. The zero-order valence-corrected chi connectivity index (χ0v) is 5.91. The van der Waals surface area contributed by atoms with Crippen LogP contribution in [0.3, 0.4) is 0 Å². The molecule has 0 atom stereocenters. The minimum atomic E-state index is 1.06.